The zero-order valence-corrected chi connectivity index (χ0v) is 15.2. The van der Waals surface area contributed by atoms with Gasteiger partial charge in [-0.2, -0.15) is 0 Å². The monoisotopic (exact) mass is 421 g/mol. The number of hydrogen-bond acceptors (Lipinski definition) is 3. The van der Waals surface area contributed by atoms with E-state index in [1.54, 1.807) is 14.2 Å². The first-order valence-electron chi connectivity index (χ1n) is 6.60. The first-order valence-corrected chi connectivity index (χ1v) is 8.19. The molecule has 0 aliphatic heterocycles. The molecule has 5 heteroatoms. The van der Waals surface area contributed by atoms with Gasteiger partial charge in [0, 0.05) is 19.9 Å². The molecule has 3 rings (SSSR count). The van der Waals surface area contributed by atoms with Crippen molar-refractivity contribution in [2.24, 2.45) is 0 Å². The number of methoxy groups -OCH3 is 2. The smallest absolute Gasteiger partial charge is 0.161 e. The minimum Gasteiger partial charge on any atom is -0.493 e. The molecule has 0 unspecified atom stereocenters. The van der Waals surface area contributed by atoms with Crippen molar-refractivity contribution >= 4 is 42.8 Å². The van der Waals surface area contributed by atoms with E-state index in [-0.39, 0.29) is 0 Å². The number of rotatable bonds is 3. The van der Waals surface area contributed by atoms with Crippen molar-refractivity contribution in [3.8, 4) is 22.8 Å². The fourth-order valence-corrected chi connectivity index (χ4v) is 3.66. The number of benzene rings is 2. The predicted molar refractivity (Wildman–Crippen MR) is 95.7 cm³/mol. The minimum absolute atomic E-state index is 0.691. The third kappa shape index (κ3) is 2.83. The quantitative estimate of drug-likeness (QED) is 0.562. The summed E-state index contributed by atoms with van der Waals surface area (Å²) in [6, 6.07) is 13.9. The molecule has 0 saturated carbocycles. The lowest BCUT2D eigenvalue weighted by atomic mass is 10.1. The number of halogens is 2. The lowest BCUT2D eigenvalue weighted by Gasteiger charge is -2.10. The van der Waals surface area contributed by atoms with Gasteiger partial charge in [0.1, 0.15) is 0 Å². The van der Waals surface area contributed by atoms with E-state index in [0.29, 0.717) is 11.5 Å². The summed E-state index contributed by atoms with van der Waals surface area (Å²) in [7, 11) is 3.25. The molecule has 2 aromatic carbocycles. The highest BCUT2D eigenvalue weighted by Gasteiger charge is 2.09. The van der Waals surface area contributed by atoms with Gasteiger partial charge in [-0.25, -0.2) is 4.98 Å². The van der Waals surface area contributed by atoms with Crippen LogP contribution in [0, 0.1) is 0 Å². The Bertz CT molecular complexity index is 849. The van der Waals surface area contributed by atoms with E-state index in [2.05, 4.69) is 37.9 Å². The largest absolute Gasteiger partial charge is 0.493 e. The van der Waals surface area contributed by atoms with E-state index in [0.717, 1.165) is 31.1 Å². The van der Waals surface area contributed by atoms with E-state index in [1.807, 2.05) is 36.4 Å². The van der Waals surface area contributed by atoms with Crippen LogP contribution in [0.2, 0.25) is 0 Å². The van der Waals surface area contributed by atoms with Crippen LogP contribution in [0.5, 0.6) is 11.5 Å². The SMILES string of the molecule is COc1ccc(-c2ccc3cc(Br)cc(Br)c3n2)cc1OC. The zero-order chi connectivity index (χ0) is 15.7. The first-order chi connectivity index (χ1) is 10.6. The Morgan fingerprint density at radius 3 is 2.36 bits per heavy atom. The van der Waals surface area contributed by atoms with E-state index < -0.39 is 0 Å². The number of hydrogen-bond donors (Lipinski definition) is 0. The fourth-order valence-electron chi connectivity index (χ4n) is 2.31. The third-order valence-corrected chi connectivity index (χ3v) is 4.45. The Labute approximate surface area is 145 Å². The van der Waals surface area contributed by atoms with Crippen molar-refractivity contribution in [2.75, 3.05) is 14.2 Å². The second kappa shape index (κ2) is 6.26. The molecule has 0 spiro atoms. The molecule has 1 heterocycles. The van der Waals surface area contributed by atoms with Crippen LogP contribution in [0.1, 0.15) is 0 Å². The van der Waals surface area contributed by atoms with E-state index in [9.17, 15) is 0 Å². The lowest BCUT2D eigenvalue weighted by molar-refractivity contribution is 0.355. The Hall–Kier alpha value is -1.59. The number of aromatic nitrogens is 1. The van der Waals surface area contributed by atoms with Gasteiger partial charge in [-0.3, -0.25) is 0 Å². The molecule has 0 amide bonds. The summed E-state index contributed by atoms with van der Waals surface area (Å²) in [5.41, 5.74) is 2.79. The molecule has 0 atom stereocenters. The number of nitrogens with zero attached hydrogens (tertiary/aromatic N) is 1. The molecule has 3 aromatic rings. The highest BCUT2D eigenvalue weighted by Crippen LogP contribution is 2.33. The maximum atomic E-state index is 5.36. The number of pyridine rings is 1. The summed E-state index contributed by atoms with van der Waals surface area (Å²) >= 11 is 7.06. The molecule has 0 bridgehead atoms. The fraction of sp³-hybridized carbons (Fsp3) is 0.118. The summed E-state index contributed by atoms with van der Waals surface area (Å²) in [6.45, 7) is 0. The Morgan fingerprint density at radius 1 is 0.864 bits per heavy atom. The van der Waals surface area contributed by atoms with Crippen LogP contribution in [0.4, 0.5) is 0 Å². The Morgan fingerprint density at radius 2 is 1.64 bits per heavy atom. The number of fused-ring (bicyclic) bond motifs is 1. The van der Waals surface area contributed by atoms with Gasteiger partial charge in [-0.05, 0) is 52.3 Å². The van der Waals surface area contributed by atoms with Crippen molar-refractivity contribution in [2.45, 2.75) is 0 Å². The summed E-state index contributed by atoms with van der Waals surface area (Å²) in [6.07, 6.45) is 0. The molecule has 22 heavy (non-hydrogen) atoms. The van der Waals surface area contributed by atoms with E-state index in [1.165, 1.54) is 0 Å². The first kappa shape index (κ1) is 15.3. The molecular formula is C17H13Br2NO2. The Balaban J connectivity index is 2.14. The van der Waals surface area contributed by atoms with Gasteiger partial charge in [0.15, 0.2) is 11.5 Å². The zero-order valence-electron chi connectivity index (χ0n) is 12.1. The van der Waals surface area contributed by atoms with Crippen molar-refractivity contribution in [3.63, 3.8) is 0 Å². The molecule has 0 radical (unpaired) electrons. The van der Waals surface area contributed by atoms with Gasteiger partial charge < -0.3 is 9.47 Å². The highest BCUT2D eigenvalue weighted by atomic mass is 79.9. The summed E-state index contributed by atoms with van der Waals surface area (Å²) in [4.78, 5) is 4.75. The van der Waals surface area contributed by atoms with Crippen molar-refractivity contribution in [1.29, 1.82) is 0 Å². The summed E-state index contributed by atoms with van der Waals surface area (Å²) in [5.74, 6) is 1.40. The van der Waals surface area contributed by atoms with Gasteiger partial charge in [-0.1, -0.05) is 22.0 Å². The minimum atomic E-state index is 0.691. The van der Waals surface area contributed by atoms with Crippen LogP contribution in [-0.2, 0) is 0 Å². The van der Waals surface area contributed by atoms with Gasteiger partial charge in [-0.15, -0.1) is 0 Å². The second-order valence-corrected chi connectivity index (χ2v) is 6.50. The molecule has 112 valence electrons. The van der Waals surface area contributed by atoms with E-state index >= 15 is 0 Å². The summed E-state index contributed by atoms with van der Waals surface area (Å²) in [5, 5.41) is 1.07. The normalized spacial score (nSPS) is 10.7. The van der Waals surface area contributed by atoms with Crippen molar-refractivity contribution < 1.29 is 9.47 Å². The van der Waals surface area contributed by atoms with Crippen molar-refractivity contribution in [3.05, 3.63) is 51.4 Å². The maximum absolute atomic E-state index is 5.36. The highest BCUT2D eigenvalue weighted by molar-refractivity contribution is 9.11. The van der Waals surface area contributed by atoms with Crippen LogP contribution in [-0.4, -0.2) is 19.2 Å². The predicted octanol–water partition coefficient (Wildman–Crippen LogP) is 5.44. The average molecular weight is 423 g/mol. The number of ether oxygens (including phenoxy) is 2. The molecule has 3 nitrogen and oxygen atoms in total. The maximum Gasteiger partial charge on any atom is 0.161 e. The Kier molecular flexibility index (Phi) is 4.36. The third-order valence-electron chi connectivity index (χ3n) is 3.39. The van der Waals surface area contributed by atoms with Gasteiger partial charge in [0.25, 0.3) is 0 Å². The molecule has 1 aromatic heterocycles. The van der Waals surface area contributed by atoms with Crippen LogP contribution in [0.3, 0.4) is 0 Å². The van der Waals surface area contributed by atoms with E-state index in [4.69, 9.17) is 14.5 Å². The van der Waals surface area contributed by atoms with Gasteiger partial charge >= 0.3 is 0 Å². The lowest BCUT2D eigenvalue weighted by Crippen LogP contribution is -1.92. The second-order valence-electron chi connectivity index (χ2n) is 4.73. The van der Waals surface area contributed by atoms with Gasteiger partial charge in [0.2, 0.25) is 0 Å². The molecular weight excluding hydrogens is 410 g/mol. The van der Waals surface area contributed by atoms with Gasteiger partial charge in [0.05, 0.1) is 25.4 Å². The molecule has 0 N–H and O–H groups in total. The van der Waals surface area contributed by atoms with Crippen LogP contribution < -0.4 is 9.47 Å². The molecule has 0 saturated heterocycles. The molecule has 0 fully saturated rings. The molecule has 0 aliphatic rings. The average Bonchev–Trinajstić information content (AvgIpc) is 2.53. The van der Waals surface area contributed by atoms with Crippen LogP contribution in [0.25, 0.3) is 22.2 Å². The van der Waals surface area contributed by atoms with Crippen LogP contribution in [0.15, 0.2) is 51.4 Å². The molecule has 0 aliphatic carbocycles. The van der Waals surface area contributed by atoms with Crippen LogP contribution >= 0.6 is 31.9 Å². The standard InChI is InChI=1S/C17H13Br2NO2/c1-21-15-6-4-10(8-16(15)22-2)14-5-3-11-7-12(18)9-13(19)17(11)20-14/h3-9H,1-2H3. The summed E-state index contributed by atoms with van der Waals surface area (Å²) < 4.78 is 12.6. The topological polar surface area (TPSA) is 31.4 Å². The van der Waals surface area contributed by atoms with Crippen molar-refractivity contribution in [1.82, 2.24) is 4.98 Å².